The second-order valence-corrected chi connectivity index (χ2v) is 4.03. The molecule has 1 unspecified atom stereocenters. The van der Waals surface area contributed by atoms with Crippen LogP contribution in [-0.2, 0) is 5.41 Å². The molecular weight excluding hydrogens is 167 g/mol. The fourth-order valence-corrected chi connectivity index (χ4v) is 1.84. The van der Waals surface area contributed by atoms with Crippen LogP contribution in [0.15, 0.2) is 48.6 Å². The van der Waals surface area contributed by atoms with E-state index in [-0.39, 0.29) is 5.41 Å². The standard InChI is InChI=1S/C13H13B/c1-13(8-3-2-4-9-13)11-6-5-7-12(14)10-11/h2-8,10H,9H2,1H3. The summed E-state index contributed by atoms with van der Waals surface area (Å²) >= 11 is 0. The maximum absolute atomic E-state index is 5.78. The monoisotopic (exact) mass is 180 g/mol. The summed E-state index contributed by atoms with van der Waals surface area (Å²) in [5, 5.41) is 0. The molecule has 0 bridgehead atoms. The van der Waals surface area contributed by atoms with E-state index >= 15 is 0 Å². The second kappa shape index (κ2) is 3.49. The van der Waals surface area contributed by atoms with Crippen molar-refractivity contribution in [2.24, 2.45) is 0 Å². The lowest BCUT2D eigenvalue weighted by Crippen LogP contribution is -2.21. The Bertz CT molecular complexity index is 390. The highest BCUT2D eigenvalue weighted by atomic mass is 14.3. The molecule has 0 saturated carbocycles. The van der Waals surface area contributed by atoms with Gasteiger partial charge >= 0.3 is 0 Å². The van der Waals surface area contributed by atoms with Crippen LogP contribution in [0.4, 0.5) is 0 Å². The molecule has 0 amide bonds. The van der Waals surface area contributed by atoms with Crippen molar-refractivity contribution in [2.45, 2.75) is 18.8 Å². The van der Waals surface area contributed by atoms with Crippen molar-refractivity contribution in [1.29, 1.82) is 0 Å². The first kappa shape index (κ1) is 9.33. The average molecular weight is 180 g/mol. The molecule has 2 rings (SSSR count). The molecule has 0 aliphatic heterocycles. The van der Waals surface area contributed by atoms with Crippen molar-refractivity contribution < 1.29 is 0 Å². The van der Waals surface area contributed by atoms with Crippen LogP contribution >= 0.6 is 0 Å². The summed E-state index contributed by atoms with van der Waals surface area (Å²) in [5.74, 6) is 0. The minimum absolute atomic E-state index is 0.115. The van der Waals surface area contributed by atoms with Gasteiger partial charge in [-0.2, -0.15) is 0 Å². The Hall–Kier alpha value is -1.24. The lowest BCUT2D eigenvalue weighted by Gasteiger charge is -2.27. The van der Waals surface area contributed by atoms with Gasteiger partial charge in [-0.3, -0.25) is 0 Å². The van der Waals surface area contributed by atoms with Gasteiger partial charge in [-0.05, 0) is 12.0 Å². The number of rotatable bonds is 1. The molecule has 1 heteroatoms. The summed E-state index contributed by atoms with van der Waals surface area (Å²) in [6.45, 7) is 2.24. The molecular formula is C13H13B. The SMILES string of the molecule is [B]c1cccc(C2(C)C=CC=CC2)c1. The van der Waals surface area contributed by atoms with Crippen molar-refractivity contribution in [3.63, 3.8) is 0 Å². The Morgan fingerprint density at radius 2 is 2.14 bits per heavy atom. The highest BCUT2D eigenvalue weighted by Crippen LogP contribution is 2.31. The molecule has 1 aromatic rings. The van der Waals surface area contributed by atoms with Crippen LogP contribution in [0.25, 0.3) is 0 Å². The van der Waals surface area contributed by atoms with E-state index in [0.717, 1.165) is 11.9 Å². The molecule has 0 fully saturated rings. The molecule has 1 aromatic carbocycles. The lowest BCUT2D eigenvalue weighted by molar-refractivity contribution is 0.600. The van der Waals surface area contributed by atoms with Crippen molar-refractivity contribution in [2.75, 3.05) is 0 Å². The Morgan fingerprint density at radius 1 is 1.29 bits per heavy atom. The summed E-state index contributed by atoms with van der Waals surface area (Å²) in [6, 6.07) is 8.14. The second-order valence-electron chi connectivity index (χ2n) is 4.03. The fraction of sp³-hybridized carbons (Fsp3) is 0.231. The zero-order valence-corrected chi connectivity index (χ0v) is 8.40. The summed E-state index contributed by atoms with van der Waals surface area (Å²) in [4.78, 5) is 0. The van der Waals surface area contributed by atoms with Crippen molar-refractivity contribution in [3.8, 4) is 0 Å². The van der Waals surface area contributed by atoms with Gasteiger partial charge in [-0.15, -0.1) is 0 Å². The Labute approximate surface area is 86.8 Å². The average Bonchev–Trinajstić information content (AvgIpc) is 2.19. The summed E-state index contributed by atoms with van der Waals surface area (Å²) in [7, 11) is 5.78. The quantitative estimate of drug-likeness (QED) is 0.581. The molecule has 1 aliphatic carbocycles. The van der Waals surface area contributed by atoms with Gasteiger partial charge in [0.25, 0.3) is 0 Å². The van der Waals surface area contributed by atoms with Gasteiger partial charge in [-0.25, -0.2) is 0 Å². The third-order valence-corrected chi connectivity index (χ3v) is 2.80. The van der Waals surface area contributed by atoms with Crippen molar-refractivity contribution in [3.05, 3.63) is 54.1 Å². The van der Waals surface area contributed by atoms with Crippen LogP contribution in [0.2, 0.25) is 0 Å². The lowest BCUT2D eigenvalue weighted by atomic mass is 9.76. The third-order valence-electron chi connectivity index (χ3n) is 2.80. The summed E-state index contributed by atoms with van der Waals surface area (Å²) < 4.78 is 0. The van der Waals surface area contributed by atoms with Crippen LogP contribution in [0.3, 0.4) is 0 Å². The number of allylic oxidation sites excluding steroid dienone is 4. The van der Waals surface area contributed by atoms with E-state index in [1.165, 1.54) is 5.56 Å². The molecule has 0 heterocycles. The van der Waals surface area contributed by atoms with E-state index in [9.17, 15) is 0 Å². The maximum atomic E-state index is 5.78. The molecule has 14 heavy (non-hydrogen) atoms. The summed E-state index contributed by atoms with van der Waals surface area (Å²) in [5.41, 5.74) is 2.24. The molecule has 68 valence electrons. The van der Waals surface area contributed by atoms with Gasteiger partial charge in [0.1, 0.15) is 7.85 Å². The van der Waals surface area contributed by atoms with Crippen LogP contribution in [0.5, 0.6) is 0 Å². The van der Waals surface area contributed by atoms with Crippen molar-refractivity contribution in [1.82, 2.24) is 0 Å². The van der Waals surface area contributed by atoms with E-state index in [0.29, 0.717) is 0 Å². The Morgan fingerprint density at radius 3 is 2.79 bits per heavy atom. The Balaban J connectivity index is 2.39. The predicted molar refractivity (Wildman–Crippen MR) is 62.1 cm³/mol. The fourth-order valence-electron chi connectivity index (χ4n) is 1.84. The molecule has 1 atom stereocenters. The third kappa shape index (κ3) is 1.67. The van der Waals surface area contributed by atoms with E-state index < -0.39 is 0 Å². The molecule has 0 aromatic heterocycles. The highest BCUT2D eigenvalue weighted by Gasteiger charge is 2.22. The molecule has 0 nitrogen and oxygen atoms in total. The Kier molecular flexibility index (Phi) is 2.32. The molecule has 0 spiro atoms. The van der Waals surface area contributed by atoms with Gasteiger partial charge in [0.15, 0.2) is 0 Å². The first-order valence-corrected chi connectivity index (χ1v) is 4.91. The zero-order valence-electron chi connectivity index (χ0n) is 8.40. The zero-order chi connectivity index (χ0) is 10.0. The normalized spacial score (nSPS) is 25.2. The highest BCUT2D eigenvalue weighted by molar-refractivity contribution is 6.32. The smallest absolute Gasteiger partial charge is 0.0964 e. The molecule has 1 aliphatic rings. The first-order valence-electron chi connectivity index (χ1n) is 4.91. The number of hydrogen-bond donors (Lipinski definition) is 0. The predicted octanol–water partition coefficient (Wildman–Crippen LogP) is 2.25. The van der Waals surface area contributed by atoms with E-state index in [2.05, 4.69) is 43.4 Å². The topological polar surface area (TPSA) is 0 Å². The van der Waals surface area contributed by atoms with Crippen LogP contribution in [0, 0.1) is 0 Å². The van der Waals surface area contributed by atoms with Crippen LogP contribution in [-0.4, -0.2) is 7.85 Å². The van der Waals surface area contributed by atoms with Crippen molar-refractivity contribution >= 4 is 13.3 Å². The summed E-state index contributed by atoms with van der Waals surface area (Å²) in [6.07, 6.45) is 9.68. The largest absolute Gasteiger partial charge is 0.113 e. The minimum Gasteiger partial charge on any atom is -0.0964 e. The molecule has 2 radical (unpaired) electrons. The van der Waals surface area contributed by atoms with Crippen LogP contribution < -0.4 is 5.46 Å². The van der Waals surface area contributed by atoms with Gasteiger partial charge < -0.3 is 0 Å². The van der Waals surface area contributed by atoms with Gasteiger partial charge in [0, 0.05) is 5.41 Å². The van der Waals surface area contributed by atoms with E-state index in [4.69, 9.17) is 7.85 Å². The van der Waals surface area contributed by atoms with E-state index in [1.54, 1.807) is 0 Å². The number of benzene rings is 1. The maximum Gasteiger partial charge on any atom is 0.113 e. The van der Waals surface area contributed by atoms with Gasteiger partial charge in [0.2, 0.25) is 0 Å². The van der Waals surface area contributed by atoms with Crippen LogP contribution in [0.1, 0.15) is 18.9 Å². The minimum atomic E-state index is 0.115. The van der Waals surface area contributed by atoms with Gasteiger partial charge in [0.05, 0.1) is 0 Å². The molecule has 0 N–H and O–H groups in total. The van der Waals surface area contributed by atoms with Gasteiger partial charge in [-0.1, -0.05) is 61.0 Å². The number of hydrogen-bond acceptors (Lipinski definition) is 0. The van der Waals surface area contributed by atoms with E-state index in [1.807, 2.05) is 12.1 Å². The first-order chi connectivity index (χ1) is 6.71. The molecule has 0 saturated heterocycles.